The van der Waals surface area contributed by atoms with Gasteiger partial charge in [0.05, 0.1) is 11.2 Å². The molecule has 0 radical (unpaired) electrons. The van der Waals surface area contributed by atoms with Crippen LogP contribution in [0.2, 0.25) is 0 Å². The van der Waals surface area contributed by atoms with Gasteiger partial charge in [0, 0.05) is 23.0 Å². The van der Waals surface area contributed by atoms with Gasteiger partial charge in [-0.15, -0.1) is 11.3 Å². The quantitative estimate of drug-likeness (QED) is 0.229. The van der Waals surface area contributed by atoms with E-state index in [4.69, 9.17) is 4.42 Å². The average molecular weight is 616 g/mol. The van der Waals surface area contributed by atoms with Crippen LogP contribution in [0.5, 0.6) is 0 Å². The van der Waals surface area contributed by atoms with Crippen molar-refractivity contribution in [2.24, 2.45) is 0 Å². The van der Waals surface area contributed by atoms with Gasteiger partial charge in [-0.25, -0.2) is 4.98 Å². The van der Waals surface area contributed by atoms with Gasteiger partial charge >= 0.3 is 0 Å². The van der Waals surface area contributed by atoms with Gasteiger partial charge in [-0.3, -0.25) is 9.97 Å². The van der Waals surface area contributed by atoms with Crippen molar-refractivity contribution in [1.82, 2.24) is 15.0 Å². The zero-order valence-corrected chi connectivity index (χ0v) is 30.8. The Kier molecular flexibility index (Phi) is 43.2. The third-order valence-electron chi connectivity index (χ3n) is 4.81. The summed E-state index contributed by atoms with van der Waals surface area (Å²) in [5.74, 6) is 2.33. The Hall–Kier alpha value is -2.79. The summed E-state index contributed by atoms with van der Waals surface area (Å²) in [5.41, 5.74) is 5.47. The lowest BCUT2D eigenvalue weighted by Crippen LogP contribution is -1.88. The lowest BCUT2D eigenvalue weighted by molar-refractivity contribution is 0.555. The molecule has 4 rings (SSSR count). The van der Waals surface area contributed by atoms with Crippen LogP contribution in [0.3, 0.4) is 0 Å². The number of benzene rings is 1. The van der Waals surface area contributed by atoms with Crippen molar-refractivity contribution in [2.75, 3.05) is 0 Å². The summed E-state index contributed by atoms with van der Waals surface area (Å²) in [4.78, 5) is 13.5. The number of hydrogen-bond acceptors (Lipinski definition) is 5. The molecule has 3 aromatic heterocycles. The summed E-state index contributed by atoms with van der Waals surface area (Å²) in [6.45, 7) is 33.2. The molecule has 1 aromatic carbocycles. The molecule has 0 saturated heterocycles. The number of rotatable bonds is 4. The maximum absolute atomic E-state index is 4.76. The summed E-state index contributed by atoms with van der Waals surface area (Å²) < 4.78 is 4.76. The molecule has 43 heavy (non-hydrogen) atoms. The molecule has 0 fully saturated rings. The molecule has 248 valence electrons. The first kappa shape index (κ1) is 49.9. The molecule has 0 bridgehead atoms. The van der Waals surface area contributed by atoms with E-state index in [0.717, 1.165) is 11.4 Å². The highest BCUT2D eigenvalue weighted by atomic mass is 32.1. The van der Waals surface area contributed by atoms with Gasteiger partial charge in [-0.05, 0) is 41.4 Å². The molecule has 0 aliphatic carbocycles. The Morgan fingerprint density at radius 3 is 1.33 bits per heavy atom. The third kappa shape index (κ3) is 29.1. The first-order valence-corrected chi connectivity index (χ1v) is 16.8. The minimum absolute atomic E-state index is 0. The van der Waals surface area contributed by atoms with Crippen molar-refractivity contribution >= 4 is 11.3 Å². The van der Waals surface area contributed by atoms with E-state index in [2.05, 4.69) is 94.6 Å². The predicted molar refractivity (Wildman–Crippen MR) is 198 cm³/mol. The SMILES string of the molecule is C.CC.CC.CC.CC.CC(C)c1ccccc1.CC(C)c1ccccn1.CC(C)c1cncs1.CC(C)c1cocn1. The second kappa shape index (κ2) is 37.2. The van der Waals surface area contributed by atoms with Crippen LogP contribution in [0.1, 0.15) is 164 Å². The Labute approximate surface area is 272 Å². The van der Waals surface area contributed by atoms with Gasteiger partial charge in [-0.2, -0.15) is 0 Å². The van der Waals surface area contributed by atoms with Crippen molar-refractivity contribution in [3.05, 3.63) is 101 Å². The fraction of sp³-hybridized carbons (Fsp3) is 0.553. The minimum Gasteiger partial charge on any atom is -0.451 e. The molecule has 0 spiro atoms. The number of nitrogens with zero attached hydrogens (tertiary/aromatic N) is 3. The standard InChI is InChI=1S/C9H12.C8H11N.C6H9NO.C6H9NS.4C2H6.CH4/c1-8(2)9-6-4-3-5-7-9;1-7(2)8-5-3-4-6-9-8;1-5(2)6-3-8-4-7-6;1-5(2)6-3-7-4-8-6;4*1-2;/h3-8H,1-2H3;3-7H,1-2H3;2*3-5H,1-2H3;4*1-2H3;1H4. The molecule has 0 aliphatic rings. The van der Waals surface area contributed by atoms with Gasteiger partial charge < -0.3 is 4.42 Å². The summed E-state index contributed by atoms with van der Waals surface area (Å²) in [7, 11) is 0. The van der Waals surface area contributed by atoms with Crippen LogP contribution in [0, 0.1) is 0 Å². The van der Waals surface area contributed by atoms with E-state index >= 15 is 0 Å². The van der Waals surface area contributed by atoms with Crippen LogP contribution < -0.4 is 0 Å². The molecule has 0 amide bonds. The molecular formula is C38H69N3OS. The van der Waals surface area contributed by atoms with Crippen molar-refractivity contribution in [3.8, 4) is 0 Å². The van der Waals surface area contributed by atoms with E-state index in [1.807, 2.05) is 97.6 Å². The van der Waals surface area contributed by atoms with Crippen LogP contribution in [0.15, 0.2) is 83.5 Å². The maximum Gasteiger partial charge on any atom is 0.180 e. The monoisotopic (exact) mass is 616 g/mol. The van der Waals surface area contributed by atoms with Crippen molar-refractivity contribution in [3.63, 3.8) is 0 Å². The predicted octanol–water partition coefficient (Wildman–Crippen LogP) is 13.8. The molecular weight excluding hydrogens is 547 g/mol. The second-order valence-corrected chi connectivity index (χ2v) is 10.0. The van der Waals surface area contributed by atoms with Crippen LogP contribution in [-0.4, -0.2) is 15.0 Å². The molecule has 5 heteroatoms. The highest BCUT2D eigenvalue weighted by Gasteiger charge is 1.99. The van der Waals surface area contributed by atoms with Crippen LogP contribution >= 0.6 is 11.3 Å². The molecule has 4 aromatic rings. The topological polar surface area (TPSA) is 51.8 Å². The molecule has 3 heterocycles. The Bertz CT molecular complexity index is 869. The zero-order valence-electron chi connectivity index (χ0n) is 30.0. The maximum atomic E-state index is 4.76. The zero-order chi connectivity index (χ0) is 33.3. The highest BCUT2D eigenvalue weighted by molar-refractivity contribution is 7.09. The molecule has 0 N–H and O–H groups in total. The summed E-state index contributed by atoms with van der Waals surface area (Å²) in [5, 5.41) is 0. The van der Waals surface area contributed by atoms with Crippen molar-refractivity contribution < 1.29 is 4.42 Å². The first-order chi connectivity index (χ1) is 20.2. The van der Waals surface area contributed by atoms with Crippen LogP contribution in [-0.2, 0) is 0 Å². The first-order valence-electron chi connectivity index (χ1n) is 15.9. The highest BCUT2D eigenvalue weighted by Crippen LogP contribution is 2.17. The molecule has 0 unspecified atom stereocenters. The van der Waals surface area contributed by atoms with E-state index in [1.165, 1.54) is 16.8 Å². The molecule has 0 aliphatic heterocycles. The Morgan fingerprint density at radius 2 is 1.09 bits per heavy atom. The Morgan fingerprint density at radius 1 is 0.581 bits per heavy atom. The summed E-state index contributed by atoms with van der Waals surface area (Å²) in [6.07, 6.45) is 6.88. The number of hydrogen-bond donors (Lipinski definition) is 0. The van der Waals surface area contributed by atoms with E-state index in [1.54, 1.807) is 17.6 Å². The summed E-state index contributed by atoms with van der Waals surface area (Å²) in [6, 6.07) is 16.5. The molecule has 0 saturated carbocycles. The molecule has 0 atom stereocenters. The van der Waals surface area contributed by atoms with Crippen LogP contribution in [0.4, 0.5) is 0 Å². The van der Waals surface area contributed by atoms with E-state index < -0.39 is 0 Å². The van der Waals surface area contributed by atoms with Crippen molar-refractivity contribution in [2.45, 2.75) is 142 Å². The largest absolute Gasteiger partial charge is 0.451 e. The lowest BCUT2D eigenvalue weighted by atomic mass is 10.0. The number of pyridine rings is 1. The molecule has 4 nitrogen and oxygen atoms in total. The van der Waals surface area contributed by atoms with E-state index in [-0.39, 0.29) is 7.43 Å². The van der Waals surface area contributed by atoms with Gasteiger partial charge in [0.25, 0.3) is 0 Å². The van der Waals surface area contributed by atoms with Gasteiger partial charge in [0.2, 0.25) is 0 Å². The number of oxazole rings is 1. The second-order valence-electron chi connectivity index (χ2n) is 9.10. The fourth-order valence-corrected chi connectivity index (χ4v) is 3.21. The van der Waals surface area contributed by atoms with Gasteiger partial charge in [0.1, 0.15) is 6.26 Å². The minimum atomic E-state index is 0. The average Bonchev–Trinajstić information content (AvgIpc) is 3.79. The van der Waals surface area contributed by atoms with Crippen molar-refractivity contribution in [1.29, 1.82) is 0 Å². The van der Waals surface area contributed by atoms with Gasteiger partial charge in [-0.1, -0.05) is 155 Å². The lowest BCUT2D eigenvalue weighted by Gasteiger charge is -2.01. The van der Waals surface area contributed by atoms with E-state index in [9.17, 15) is 0 Å². The summed E-state index contributed by atoms with van der Waals surface area (Å²) >= 11 is 1.72. The fourth-order valence-electron chi connectivity index (χ4n) is 2.57. The third-order valence-corrected chi connectivity index (χ3v) is 5.89. The van der Waals surface area contributed by atoms with Gasteiger partial charge in [0.15, 0.2) is 6.39 Å². The number of aromatic nitrogens is 3. The Balaban J connectivity index is -0.000000137. The van der Waals surface area contributed by atoms with E-state index in [0.29, 0.717) is 23.7 Å². The smallest absolute Gasteiger partial charge is 0.180 e. The van der Waals surface area contributed by atoms with Crippen LogP contribution in [0.25, 0.3) is 0 Å². The normalized spacial score (nSPS) is 8.65. The number of thiazole rings is 1.